The summed E-state index contributed by atoms with van der Waals surface area (Å²) >= 11 is 0. The standard InChI is InChI=1S/C17H12F3N3O2/c18-17(19,20)12-8-4-7-11(9-12)15(24)21-14-13(22-23-16(14)25)10-5-2-1-3-6-10/h1-9H,(H,21,24)(H2,22,23,25). The fourth-order valence-corrected chi connectivity index (χ4v) is 2.32. The molecule has 0 aliphatic rings. The lowest BCUT2D eigenvalue weighted by Crippen LogP contribution is -2.18. The van der Waals surface area contributed by atoms with Crippen LogP contribution in [0.4, 0.5) is 18.9 Å². The van der Waals surface area contributed by atoms with E-state index in [0.29, 0.717) is 11.3 Å². The van der Waals surface area contributed by atoms with E-state index in [-0.39, 0.29) is 11.3 Å². The molecule has 0 atom stereocenters. The van der Waals surface area contributed by atoms with Gasteiger partial charge in [0, 0.05) is 11.1 Å². The normalized spacial score (nSPS) is 11.3. The molecular formula is C17H12F3N3O2. The van der Waals surface area contributed by atoms with E-state index in [4.69, 9.17) is 0 Å². The van der Waals surface area contributed by atoms with Gasteiger partial charge in [0.25, 0.3) is 11.5 Å². The van der Waals surface area contributed by atoms with Gasteiger partial charge in [-0.2, -0.15) is 13.2 Å². The molecule has 2 aromatic carbocycles. The SMILES string of the molecule is O=C(Nc1c(-c2ccccc2)[nH][nH]c1=O)c1cccc(C(F)(F)F)c1. The van der Waals surface area contributed by atoms with Gasteiger partial charge in [0.2, 0.25) is 0 Å². The first-order valence-electron chi connectivity index (χ1n) is 7.21. The summed E-state index contributed by atoms with van der Waals surface area (Å²) in [4.78, 5) is 24.2. The zero-order valence-electron chi connectivity index (χ0n) is 12.6. The molecule has 3 rings (SSSR count). The quantitative estimate of drug-likeness (QED) is 0.676. The number of nitrogens with one attached hydrogen (secondary N) is 3. The third kappa shape index (κ3) is 3.47. The van der Waals surface area contributed by atoms with Crippen LogP contribution in [0.25, 0.3) is 11.3 Å². The molecule has 25 heavy (non-hydrogen) atoms. The molecule has 128 valence electrons. The number of benzene rings is 2. The van der Waals surface area contributed by atoms with Crippen molar-refractivity contribution >= 4 is 11.6 Å². The fourth-order valence-electron chi connectivity index (χ4n) is 2.32. The Morgan fingerprint density at radius 1 is 0.960 bits per heavy atom. The number of aromatic amines is 2. The summed E-state index contributed by atoms with van der Waals surface area (Å²) in [5.41, 5.74) is -0.806. The van der Waals surface area contributed by atoms with E-state index in [0.717, 1.165) is 18.2 Å². The Labute approximate surface area is 139 Å². The van der Waals surface area contributed by atoms with E-state index >= 15 is 0 Å². The smallest absolute Gasteiger partial charge is 0.316 e. The summed E-state index contributed by atoms with van der Waals surface area (Å²) in [6, 6.07) is 12.7. The van der Waals surface area contributed by atoms with Gasteiger partial charge in [0.15, 0.2) is 0 Å². The number of carbonyl (C=O) groups excluding carboxylic acids is 1. The maximum Gasteiger partial charge on any atom is 0.416 e. The molecule has 0 fully saturated rings. The Balaban J connectivity index is 1.93. The average molecular weight is 347 g/mol. The minimum Gasteiger partial charge on any atom is -0.316 e. The Kier molecular flexibility index (Phi) is 4.18. The first-order valence-corrected chi connectivity index (χ1v) is 7.21. The van der Waals surface area contributed by atoms with Crippen LogP contribution in [0.5, 0.6) is 0 Å². The predicted octanol–water partition coefficient (Wildman–Crippen LogP) is 3.64. The summed E-state index contributed by atoms with van der Waals surface area (Å²) in [7, 11) is 0. The van der Waals surface area contributed by atoms with Crippen LogP contribution in [0.1, 0.15) is 15.9 Å². The third-order valence-electron chi connectivity index (χ3n) is 3.53. The number of rotatable bonds is 3. The highest BCUT2D eigenvalue weighted by molar-refractivity contribution is 6.05. The van der Waals surface area contributed by atoms with E-state index in [1.807, 2.05) is 0 Å². The number of anilines is 1. The number of H-pyrrole nitrogens is 2. The molecule has 0 aliphatic heterocycles. The van der Waals surface area contributed by atoms with Crippen molar-refractivity contribution in [1.82, 2.24) is 10.2 Å². The van der Waals surface area contributed by atoms with Gasteiger partial charge in [0.1, 0.15) is 5.69 Å². The maximum absolute atomic E-state index is 12.8. The zero-order chi connectivity index (χ0) is 18.0. The van der Waals surface area contributed by atoms with Crippen molar-refractivity contribution in [2.24, 2.45) is 0 Å². The summed E-state index contributed by atoms with van der Waals surface area (Å²) in [5, 5.41) is 7.37. The van der Waals surface area contributed by atoms with Crippen molar-refractivity contribution in [3.05, 3.63) is 76.1 Å². The molecule has 0 spiro atoms. The van der Waals surface area contributed by atoms with Gasteiger partial charge in [-0.3, -0.25) is 19.8 Å². The molecule has 0 saturated carbocycles. The van der Waals surface area contributed by atoms with Crippen molar-refractivity contribution in [3.8, 4) is 11.3 Å². The molecule has 0 unspecified atom stereocenters. The van der Waals surface area contributed by atoms with Gasteiger partial charge in [-0.05, 0) is 18.2 Å². The van der Waals surface area contributed by atoms with Crippen LogP contribution in [-0.2, 0) is 6.18 Å². The van der Waals surface area contributed by atoms with Gasteiger partial charge in [-0.15, -0.1) is 0 Å². The third-order valence-corrected chi connectivity index (χ3v) is 3.53. The second kappa shape index (κ2) is 6.31. The molecule has 0 saturated heterocycles. The number of aromatic nitrogens is 2. The number of hydrogen-bond donors (Lipinski definition) is 3. The van der Waals surface area contributed by atoms with Crippen LogP contribution in [0.15, 0.2) is 59.4 Å². The topological polar surface area (TPSA) is 77.8 Å². The van der Waals surface area contributed by atoms with E-state index in [2.05, 4.69) is 15.5 Å². The van der Waals surface area contributed by atoms with Crippen LogP contribution < -0.4 is 10.9 Å². The summed E-state index contributed by atoms with van der Waals surface area (Å²) in [5.74, 6) is -0.812. The van der Waals surface area contributed by atoms with E-state index in [9.17, 15) is 22.8 Å². The fraction of sp³-hybridized carbons (Fsp3) is 0.0588. The van der Waals surface area contributed by atoms with Crippen molar-refractivity contribution in [3.63, 3.8) is 0 Å². The number of amides is 1. The molecular weight excluding hydrogens is 335 g/mol. The Bertz CT molecular complexity index is 959. The molecule has 3 N–H and O–H groups in total. The first-order chi connectivity index (χ1) is 11.9. The number of alkyl halides is 3. The molecule has 0 radical (unpaired) electrons. The maximum atomic E-state index is 12.8. The molecule has 5 nitrogen and oxygen atoms in total. The molecule has 3 aromatic rings. The summed E-state index contributed by atoms with van der Waals surface area (Å²) < 4.78 is 38.3. The van der Waals surface area contributed by atoms with Crippen molar-refractivity contribution < 1.29 is 18.0 Å². The van der Waals surface area contributed by atoms with Crippen LogP contribution in [-0.4, -0.2) is 16.1 Å². The van der Waals surface area contributed by atoms with Crippen molar-refractivity contribution in [1.29, 1.82) is 0 Å². The van der Waals surface area contributed by atoms with E-state index < -0.39 is 23.2 Å². The second-order valence-corrected chi connectivity index (χ2v) is 5.23. The summed E-state index contributed by atoms with van der Waals surface area (Å²) in [6.45, 7) is 0. The van der Waals surface area contributed by atoms with Gasteiger partial charge in [-0.25, -0.2) is 0 Å². The Hall–Kier alpha value is -3.29. The van der Waals surface area contributed by atoms with Crippen molar-refractivity contribution in [2.75, 3.05) is 5.32 Å². The summed E-state index contributed by atoms with van der Waals surface area (Å²) in [6.07, 6.45) is -4.56. The Morgan fingerprint density at radius 2 is 1.68 bits per heavy atom. The van der Waals surface area contributed by atoms with E-state index in [1.165, 1.54) is 6.07 Å². The number of hydrogen-bond acceptors (Lipinski definition) is 2. The van der Waals surface area contributed by atoms with E-state index in [1.54, 1.807) is 30.3 Å². The molecule has 0 bridgehead atoms. The lowest BCUT2D eigenvalue weighted by Gasteiger charge is -2.09. The minimum absolute atomic E-state index is 0.0615. The van der Waals surface area contributed by atoms with Crippen LogP contribution in [0.2, 0.25) is 0 Å². The van der Waals surface area contributed by atoms with Crippen molar-refractivity contribution in [2.45, 2.75) is 6.18 Å². The molecule has 0 aliphatic carbocycles. The first kappa shape index (κ1) is 16.6. The van der Waals surface area contributed by atoms with Crippen LogP contribution in [0, 0.1) is 0 Å². The van der Waals surface area contributed by atoms with Crippen LogP contribution >= 0.6 is 0 Å². The van der Waals surface area contributed by atoms with Gasteiger partial charge in [0.05, 0.1) is 11.3 Å². The van der Waals surface area contributed by atoms with Crippen LogP contribution in [0.3, 0.4) is 0 Å². The molecule has 1 aromatic heterocycles. The van der Waals surface area contributed by atoms with Gasteiger partial charge in [-0.1, -0.05) is 36.4 Å². The highest BCUT2D eigenvalue weighted by atomic mass is 19.4. The molecule has 1 heterocycles. The highest BCUT2D eigenvalue weighted by Gasteiger charge is 2.31. The van der Waals surface area contributed by atoms with Gasteiger partial charge < -0.3 is 5.32 Å². The average Bonchev–Trinajstić information content (AvgIpc) is 2.96. The number of halogens is 3. The lowest BCUT2D eigenvalue weighted by atomic mass is 10.1. The zero-order valence-corrected chi connectivity index (χ0v) is 12.6. The largest absolute Gasteiger partial charge is 0.416 e. The molecule has 1 amide bonds. The minimum atomic E-state index is -4.56. The number of carbonyl (C=O) groups is 1. The second-order valence-electron chi connectivity index (χ2n) is 5.23. The predicted molar refractivity (Wildman–Crippen MR) is 86.2 cm³/mol. The Morgan fingerprint density at radius 3 is 2.36 bits per heavy atom. The lowest BCUT2D eigenvalue weighted by molar-refractivity contribution is -0.137. The highest BCUT2D eigenvalue weighted by Crippen LogP contribution is 2.30. The van der Waals surface area contributed by atoms with Gasteiger partial charge >= 0.3 is 6.18 Å². The molecule has 8 heteroatoms. The monoisotopic (exact) mass is 347 g/mol.